The van der Waals surface area contributed by atoms with E-state index in [4.69, 9.17) is 4.74 Å². The molecule has 0 aliphatic carbocycles. The third-order valence-corrected chi connectivity index (χ3v) is 5.51. The Hall–Kier alpha value is -2.89. The molecule has 0 bridgehead atoms. The average molecular weight is 398 g/mol. The molecule has 0 aromatic heterocycles. The van der Waals surface area contributed by atoms with E-state index in [0.29, 0.717) is 19.4 Å². The number of carbonyl (C=O) groups excluding carboxylic acids is 2. The van der Waals surface area contributed by atoms with Crippen molar-refractivity contribution in [2.75, 3.05) is 20.7 Å². The fraction of sp³-hybridized carbons (Fsp3) is 0.391. The Kier molecular flexibility index (Phi) is 6.86. The maximum atomic E-state index is 13.0. The van der Waals surface area contributed by atoms with E-state index in [2.05, 4.69) is 5.32 Å². The third kappa shape index (κ3) is 5.13. The first-order valence-electron chi connectivity index (χ1n) is 9.91. The summed E-state index contributed by atoms with van der Waals surface area (Å²) in [6, 6.07) is 13.6. The van der Waals surface area contributed by atoms with Crippen molar-refractivity contribution >= 4 is 11.8 Å². The molecule has 2 atom stereocenters. The van der Waals surface area contributed by atoms with Crippen molar-refractivity contribution < 1.29 is 18.7 Å². The maximum Gasteiger partial charge on any atom is 0.225 e. The predicted molar refractivity (Wildman–Crippen MR) is 109 cm³/mol. The molecule has 1 saturated heterocycles. The SMILES string of the molecule is COc1ccc([C@H]2[C@H](C(=O)NCCCc3ccc(F)cc3)CCC(=O)N2C)cc1. The van der Waals surface area contributed by atoms with Gasteiger partial charge in [0, 0.05) is 20.0 Å². The van der Waals surface area contributed by atoms with Gasteiger partial charge >= 0.3 is 0 Å². The van der Waals surface area contributed by atoms with Gasteiger partial charge in [0.25, 0.3) is 0 Å². The van der Waals surface area contributed by atoms with E-state index in [1.807, 2.05) is 24.3 Å². The van der Waals surface area contributed by atoms with Gasteiger partial charge in [-0.1, -0.05) is 24.3 Å². The lowest BCUT2D eigenvalue weighted by Crippen LogP contribution is -2.46. The fourth-order valence-electron chi connectivity index (χ4n) is 3.86. The Morgan fingerprint density at radius 3 is 2.52 bits per heavy atom. The number of ether oxygens (including phenoxy) is 1. The minimum atomic E-state index is -0.295. The molecule has 1 N–H and O–H groups in total. The van der Waals surface area contributed by atoms with E-state index < -0.39 is 0 Å². The Bertz CT molecular complexity index is 836. The van der Waals surface area contributed by atoms with E-state index in [1.165, 1.54) is 12.1 Å². The molecule has 1 fully saturated rings. The topological polar surface area (TPSA) is 58.6 Å². The lowest BCUT2D eigenvalue weighted by molar-refractivity contribution is -0.141. The zero-order valence-corrected chi connectivity index (χ0v) is 16.9. The van der Waals surface area contributed by atoms with Crippen LogP contribution in [0.4, 0.5) is 4.39 Å². The van der Waals surface area contributed by atoms with Gasteiger partial charge in [0.15, 0.2) is 0 Å². The van der Waals surface area contributed by atoms with Crippen molar-refractivity contribution in [3.63, 3.8) is 0 Å². The summed E-state index contributed by atoms with van der Waals surface area (Å²) in [5.41, 5.74) is 1.97. The van der Waals surface area contributed by atoms with Crippen molar-refractivity contribution in [1.29, 1.82) is 0 Å². The first-order valence-corrected chi connectivity index (χ1v) is 9.91. The summed E-state index contributed by atoms with van der Waals surface area (Å²) < 4.78 is 18.2. The molecular weight excluding hydrogens is 371 g/mol. The summed E-state index contributed by atoms with van der Waals surface area (Å²) in [6.07, 6.45) is 2.44. The number of nitrogens with zero attached hydrogens (tertiary/aromatic N) is 1. The Labute approximate surface area is 170 Å². The van der Waals surface area contributed by atoms with Crippen molar-refractivity contribution in [2.24, 2.45) is 5.92 Å². The summed E-state index contributed by atoms with van der Waals surface area (Å²) in [4.78, 5) is 26.8. The smallest absolute Gasteiger partial charge is 0.225 e. The van der Waals surface area contributed by atoms with Crippen LogP contribution in [-0.4, -0.2) is 37.4 Å². The third-order valence-electron chi connectivity index (χ3n) is 5.51. The molecule has 1 heterocycles. The lowest BCUT2D eigenvalue weighted by atomic mass is 9.84. The number of nitrogens with one attached hydrogen (secondary N) is 1. The number of methoxy groups -OCH3 is 1. The van der Waals surface area contributed by atoms with Gasteiger partial charge in [-0.25, -0.2) is 4.39 Å². The van der Waals surface area contributed by atoms with Crippen molar-refractivity contribution in [1.82, 2.24) is 10.2 Å². The van der Waals surface area contributed by atoms with Crippen LogP contribution in [0.1, 0.15) is 36.4 Å². The van der Waals surface area contributed by atoms with Gasteiger partial charge in [-0.2, -0.15) is 0 Å². The van der Waals surface area contributed by atoms with Gasteiger partial charge in [0.2, 0.25) is 11.8 Å². The number of rotatable bonds is 7. The number of benzene rings is 2. The number of carbonyl (C=O) groups is 2. The fourth-order valence-corrected chi connectivity index (χ4v) is 3.86. The summed E-state index contributed by atoms with van der Waals surface area (Å²) in [7, 11) is 3.36. The minimum Gasteiger partial charge on any atom is -0.497 e. The molecule has 2 amide bonds. The number of hydrogen-bond acceptors (Lipinski definition) is 3. The minimum absolute atomic E-state index is 0.0377. The van der Waals surface area contributed by atoms with E-state index in [9.17, 15) is 14.0 Å². The molecule has 0 saturated carbocycles. The number of hydrogen-bond donors (Lipinski definition) is 1. The first kappa shape index (κ1) is 20.8. The molecule has 154 valence electrons. The molecule has 1 aliphatic rings. The van der Waals surface area contributed by atoms with Crippen LogP contribution in [0.2, 0.25) is 0 Å². The van der Waals surface area contributed by atoms with Gasteiger partial charge in [-0.3, -0.25) is 9.59 Å². The molecule has 0 radical (unpaired) electrons. The second-order valence-electron chi connectivity index (χ2n) is 7.39. The predicted octanol–water partition coefficient (Wildman–Crippen LogP) is 3.49. The van der Waals surface area contributed by atoms with Crippen LogP contribution in [0.25, 0.3) is 0 Å². The molecule has 2 aromatic carbocycles. The molecule has 29 heavy (non-hydrogen) atoms. The largest absolute Gasteiger partial charge is 0.497 e. The van der Waals surface area contributed by atoms with E-state index >= 15 is 0 Å². The Balaban J connectivity index is 1.61. The van der Waals surface area contributed by atoms with Crippen LogP contribution in [0.5, 0.6) is 5.75 Å². The van der Waals surface area contributed by atoms with Crippen molar-refractivity contribution in [3.05, 3.63) is 65.5 Å². The quantitative estimate of drug-likeness (QED) is 0.727. The van der Waals surface area contributed by atoms with Crippen LogP contribution >= 0.6 is 0 Å². The standard InChI is InChI=1S/C23H27FN2O3/c1-26-21(27)14-13-20(22(26)17-7-11-19(29-2)12-8-17)23(28)25-15-3-4-16-5-9-18(24)10-6-16/h5-12,20,22H,3-4,13-15H2,1-2H3,(H,25,28)/t20-,22+/m1/s1. The highest BCUT2D eigenvalue weighted by molar-refractivity contribution is 5.84. The Morgan fingerprint density at radius 2 is 1.86 bits per heavy atom. The van der Waals surface area contributed by atoms with Crippen molar-refractivity contribution in [2.45, 2.75) is 31.7 Å². The monoisotopic (exact) mass is 398 g/mol. The summed E-state index contributed by atoms with van der Waals surface area (Å²) >= 11 is 0. The number of likely N-dealkylation sites (tertiary alicyclic amines) is 1. The van der Waals surface area contributed by atoms with Crippen LogP contribution in [0.3, 0.4) is 0 Å². The molecule has 0 unspecified atom stereocenters. The number of aryl methyl sites for hydroxylation is 1. The molecule has 5 nitrogen and oxygen atoms in total. The van der Waals surface area contributed by atoms with Gasteiger partial charge in [0.1, 0.15) is 11.6 Å². The normalized spacial score (nSPS) is 19.1. The van der Waals surface area contributed by atoms with E-state index in [-0.39, 0.29) is 29.6 Å². The second-order valence-corrected chi connectivity index (χ2v) is 7.39. The van der Waals surface area contributed by atoms with E-state index in [1.54, 1.807) is 31.2 Å². The lowest BCUT2D eigenvalue weighted by Gasteiger charge is -2.38. The van der Waals surface area contributed by atoms with Gasteiger partial charge < -0.3 is 15.0 Å². The highest BCUT2D eigenvalue weighted by Crippen LogP contribution is 2.36. The average Bonchev–Trinajstić information content (AvgIpc) is 2.74. The molecule has 6 heteroatoms. The maximum absolute atomic E-state index is 13.0. The molecule has 0 spiro atoms. The van der Waals surface area contributed by atoms with Gasteiger partial charge in [-0.15, -0.1) is 0 Å². The first-order chi connectivity index (χ1) is 14.0. The summed E-state index contributed by atoms with van der Waals surface area (Å²) in [5.74, 6) is 0.204. The van der Waals surface area contributed by atoms with E-state index in [0.717, 1.165) is 29.7 Å². The van der Waals surface area contributed by atoms with Crippen LogP contribution in [0.15, 0.2) is 48.5 Å². The summed E-state index contributed by atoms with van der Waals surface area (Å²) in [6.45, 7) is 0.541. The molecule has 3 rings (SSSR count). The second kappa shape index (κ2) is 9.54. The van der Waals surface area contributed by atoms with Gasteiger partial charge in [0.05, 0.1) is 19.1 Å². The van der Waals surface area contributed by atoms with Gasteiger partial charge in [-0.05, 0) is 54.7 Å². The number of halogens is 1. The molecule has 1 aliphatic heterocycles. The number of amides is 2. The number of piperidine rings is 1. The van der Waals surface area contributed by atoms with Crippen LogP contribution in [0, 0.1) is 11.7 Å². The zero-order valence-electron chi connectivity index (χ0n) is 16.9. The Morgan fingerprint density at radius 1 is 1.17 bits per heavy atom. The molecular formula is C23H27FN2O3. The molecule has 2 aromatic rings. The highest BCUT2D eigenvalue weighted by atomic mass is 19.1. The van der Waals surface area contributed by atoms with Crippen LogP contribution < -0.4 is 10.1 Å². The van der Waals surface area contributed by atoms with Crippen molar-refractivity contribution in [3.8, 4) is 5.75 Å². The summed E-state index contributed by atoms with van der Waals surface area (Å²) in [5, 5.41) is 3.02. The van der Waals surface area contributed by atoms with Crippen LogP contribution in [-0.2, 0) is 16.0 Å². The zero-order chi connectivity index (χ0) is 20.8. The highest BCUT2D eigenvalue weighted by Gasteiger charge is 2.38.